The molecule has 0 aromatic heterocycles. The Balaban J connectivity index is 2.97. The number of carboxylic acid groups (broad SMARTS) is 1. The van der Waals surface area contributed by atoms with Gasteiger partial charge in [0.05, 0.1) is 6.54 Å². The summed E-state index contributed by atoms with van der Waals surface area (Å²) in [4.78, 5) is 22.4. The number of hydrogen-bond acceptors (Lipinski definition) is 3. The number of carbonyl (C=O) groups is 1. The summed E-state index contributed by atoms with van der Waals surface area (Å²) in [5.74, 6) is 0. The van der Waals surface area contributed by atoms with Crippen molar-refractivity contribution in [3.05, 3.63) is 40.4 Å². The van der Waals surface area contributed by atoms with Crippen LogP contribution in [0.4, 0.5) is 10.5 Å². The highest BCUT2D eigenvalue weighted by atomic mass is 16.6. The summed E-state index contributed by atoms with van der Waals surface area (Å²) >= 11 is 0. The van der Waals surface area contributed by atoms with Gasteiger partial charge in [-0.2, -0.15) is 0 Å². The molecular weight excluding hydrogens is 224 g/mol. The van der Waals surface area contributed by atoms with E-state index in [1.807, 2.05) is 0 Å². The zero-order chi connectivity index (χ0) is 13.1. The molecule has 1 aromatic rings. The molecule has 1 N–H and O–H groups in total. The lowest BCUT2D eigenvalue weighted by atomic mass is 10.1. The second-order valence-corrected chi connectivity index (χ2v) is 4.27. The van der Waals surface area contributed by atoms with Gasteiger partial charge in [-0.3, -0.25) is 15.0 Å². The van der Waals surface area contributed by atoms with Crippen LogP contribution in [0.25, 0.3) is 0 Å². The van der Waals surface area contributed by atoms with Crippen LogP contribution in [0.3, 0.4) is 0 Å². The summed E-state index contributed by atoms with van der Waals surface area (Å²) in [5.41, 5.74) is -0.899. The maximum Gasteiger partial charge on any atom is 0.412 e. The predicted octanol–water partition coefficient (Wildman–Crippen LogP) is 2.23. The lowest BCUT2D eigenvalue weighted by molar-refractivity contribution is -0.556. The first kappa shape index (κ1) is 13.0. The van der Waals surface area contributed by atoms with Crippen LogP contribution in [0.5, 0.6) is 0 Å². The van der Waals surface area contributed by atoms with E-state index in [1.54, 1.807) is 30.3 Å². The molecule has 0 spiro atoms. The third kappa shape index (κ3) is 3.17. The van der Waals surface area contributed by atoms with E-state index in [-0.39, 0.29) is 6.54 Å². The monoisotopic (exact) mass is 238 g/mol. The van der Waals surface area contributed by atoms with Gasteiger partial charge < -0.3 is 5.11 Å². The Morgan fingerprint density at radius 2 is 1.94 bits per heavy atom. The molecule has 0 saturated heterocycles. The van der Waals surface area contributed by atoms with Crippen molar-refractivity contribution < 1.29 is 14.8 Å². The molecule has 0 aliphatic heterocycles. The number of nitro groups is 1. The molecule has 6 nitrogen and oxygen atoms in total. The molecule has 0 atom stereocenters. The highest BCUT2D eigenvalue weighted by molar-refractivity contribution is 5.86. The molecule has 6 heteroatoms. The molecule has 92 valence electrons. The first-order chi connectivity index (χ1) is 7.84. The van der Waals surface area contributed by atoms with Crippen molar-refractivity contribution in [2.75, 3.05) is 11.4 Å². The van der Waals surface area contributed by atoms with Crippen LogP contribution in [0.1, 0.15) is 13.8 Å². The smallest absolute Gasteiger partial charge is 0.412 e. The van der Waals surface area contributed by atoms with Crippen LogP contribution < -0.4 is 4.90 Å². The van der Waals surface area contributed by atoms with Crippen molar-refractivity contribution in [3.8, 4) is 0 Å². The lowest BCUT2D eigenvalue weighted by Gasteiger charge is -2.24. The zero-order valence-electron chi connectivity index (χ0n) is 9.66. The Bertz CT molecular complexity index is 417. The average molecular weight is 238 g/mol. The molecule has 1 rings (SSSR count). The molecule has 0 fully saturated rings. The number of hydrogen-bond donors (Lipinski definition) is 1. The van der Waals surface area contributed by atoms with E-state index in [9.17, 15) is 14.9 Å². The van der Waals surface area contributed by atoms with E-state index in [0.717, 1.165) is 4.90 Å². The van der Waals surface area contributed by atoms with Crippen molar-refractivity contribution in [1.82, 2.24) is 0 Å². The van der Waals surface area contributed by atoms with Gasteiger partial charge in [0.25, 0.3) is 0 Å². The van der Waals surface area contributed by atoms with Crippen LogP contribution in [0.2, 0.25) is 0 Å². The van der Waals surface area contributed by atoms with Crippen molar-refractivity contribution in [3.63, 3.8) is 0 Å². The second-order valence-electron chi connectivity index (χ2n) is 4.27. The molecule has 0 saturated carbocycles. The van der Waals surface area contributed by atoms with Gasteiger partial charge in [0, 0.05) is 24.5 Å². The SMILES string of the molecule is CC(C)(CN(C(=O)O)c1ccccc1)[N+](=O)[O-]. The molecule has 0 heterocycles. The minimum absolute atomic E-state index is 0.195. The fraction of sp³-hybridized carbons (Fsp3) is 0.364. The van der Waals surface area contributed by atoms with Gasteiger partial charge >= 0.3 is 6.09 Å². The maximum atomic E-state index is 11.1. The molecule has 17 heavy (non-hydrogen) atoms. The Morgan fingerprint density at radius 3 is 2.35 bits per heavy atom. The van der Waals surface area contributed by atoms with Crippen molar-refractivity contribution in [2.24, 2.45) is 0 Å². The Labute approximate surface area is 98.6 Å². The highest BCUT2D eigenvalue weighted by Crippen LogP contribution is 2.18. The van der Waals surface area contributed by atoms with Crippen molar-refractivity contribution >= 4 is 11.8 Å². The highest BCUT2D eigenvalue weighted by Gasteiger charge is 2.35. The molecular formula is C11H14N2O4. The first-order valence-electron chi connectivity index (χ1n) is 5.04. The standard InChI is InChI=1S/C11H14N2O4/c1-11(2,13(16)17)8-12(10(14)15)9-6-4-3-5-7-9/h3-7H,8H2,1-2H3,(H,14,15). The molecule has 0 bridgehead atoms. The lowest BCUT2D eigenvalue weighted by Crippen LogP contribution is -2.46. The van der Waals surface area contributed by atoms with Crippen LogP contribution in [0.15, 0.2) is 30.3 Å². The summed E-state index contributed by atoms with van der Waals surface area (Å²) in [6.07, 6.45) is -1.20. The van der Waals surface area contributed by atoms with Crippen LogP contribution in [-0.4, -0.2) is 28.2 Å². The zero-order valence-corrected chi connectivity index (χ0v) is 9.66. The van der Waals surface area contributed by atoms with Gasteiger partial charge in [-0.05, 0) is 12.1 Å². The Hall–Kier alpha value is -2.11. The maximum absolute atomic E-state index is 11.1. The molecule has 1 amide bonds. The molecule has 0 aliphatic rings. The third-order valence-corrected chi connectivity index (χ3v) is 2.34. The van der Waals surface area contributed by atoms with Crippen LogP contribution >= 0.6 is 0 Å². The van der Waals surface area contributed by atoms with Gasteiger partial charge in [-0.15, -0.1) is 0 Å². The summed E-state index contributed by atoms with van der Waals surface area (Å²) in [6, 6.07) is 8.32. The Kier molecular flexibility index (Phi) is 3.67. The van der Waals surface area contributed by atoms with E-state index in [4.69, 9.17) is 5.11 Å². The van der Waals surface area contributed by atoms with Gasteiger partial charge in [0.1, 0.15) is 0 Å². The molecule has 0 radical (unpaired) electrons. The molecule has 0 aliphatic carbocycles. The first-order valence-corrected chi connectivity index (χ1v) is 5.04. The Morgan fingerprint density at radius 1 is 1.41 bits per heavy atom. The number of para-hydroxylation sites is 1. The number of benzene rings is 1. The molecule has 0 unspecified atom stereocenters. The topological polar surface area (TPSA) is 83.7 Å². The molecule has 1 aromatic carbocycles. The summed E-state index contributed by atoms with van der Waals surface area (Å²) in [6.45, 7) is 2.59. The fourth-order valence-corrected chi connectivity index (χ4v) is 1.32. The van der Waals surface area contributed by atoms with E-state index >= 15 is 0 Å². The minimum atomic E-state index is -1.33. The van der Waals surface area contributed by atoms with E-state index in [0.29, 0.717) is 5.69 Å². The van der Waals surface area contributed by atoms with Gasteiger partial charge in [-0.25, -0.2) is 4.79 Å². The van der Waals surface area contributed by atoms with E-state index < -0.39 is 16.6 Å². The van der Waals surface area contributed by atoms with Crippen molar-refractivity contribution in [1.29, 1.82) is 0 Å². The fourth-order valence-electron chi connectivity index (χ4n) is 1.32. The average Bonchev–Trinajstić information content (AvgIpc) is 2.26. The summed E-state index contributed by atoms with van der Waals surface area (Å²) < 4.78 is 0. The third-order valence-electron chi connectivity index (χ3n) is 2.34. The number of anilines is 1. The minimum Gasteiger partial charge on any atom is -0.465 e. The summed E-state index contributed by atoms with van der Waals surface area (Å²) in [5, 5.41) is 19.9. The summed E-state index contributed by atoms with van der Waals surface area (Å²) in [7, 11) is 0. The van der Waals surface area contributed by atoms with E-state index in [1.165, 1.54) is 13.8 Å². The van der Waals surface area contributed by atoms with Crippen LogP contribution in [-0.2, 0) is 0 Å². The second kappa shape index (κ2) is 4.82. The van der Waals surface area contributed by atoms with Crippen LogP contribution in [0, 0.1) is 10.1 Å². The van der Waals surface area contributed by atoms with Crippen molar-refractivity contribution in [2.45, 2.75) is 19.4 Å². The predicted molar refractivity (Wildman–Crippen MR) is 62.9 cm³/mol. The normalized spacial score (nSPS) is 10.9. The number of amides is 1. The number of nitrogens with zero attached hydrogens (tertiary/aromatic N) is 2. The largest absolute Gasteiger partial charge is 0.465 e. The quantitative estimate of drug-likeness (QED) is 0.644. The van der Waals surface area contributed by atoms with Gasteiger partial charge in [0.15, 0.2) is 0 Å². The van der Waals surface area contributed by atoms with E-state index in [2.05, 4.69) is 0 Å². The van der Waals surface area contributed by atoms with Gasteiger partial charge in [0.2, 0.25) is 5.54 Å². The number of rotatable bonds is 4. The van der Waals surface area contributed by atoms with Gasteiger partial charge in [-0.1, -0.05) is 18.2 Å².